The van der Waals surface area contributed by atoms with Crippen molar-refractivity contribution in [2.24, 2.45) is 0 Å². The lowest BCUT2D eigenvalue weighted by molar-refractivity contribution is -0.123. The molecule has 0 aromatic rings. The van der Waals surface area contributed by atoms with Crippen LogP contribution in [-0.4, -0.2) is 16.8 Å². The van der Waals surface area contributed by atoms with Gasteiger partial charge in [-0.25, -0.2) is 0 Å². The molecule has 1 saturated carbocycles. The third-order valence-corrected chi connectivity index (χ3v) is 3.61. The fourth-order valence-corrected chi connectivity index (χ4v) is 2.60. The SMILES string of the molecule is CCC1(NC(=O)CCBr)CCCCC1. The summed E-state index contributed by atoms with van der Waals surface area (Å²) in [4.78, 5) is 11.5. The quantitative estimate of drug-likeness (QED) is 0.775. The fraction of sp³-hybridized carbons (Fsp3) is 0.909. The van der Waals surface area contributed by atoms with Gasteiger partial charge in [0.1, 0.15) is 0 Å². The van der Waals surface area contributed by atoms with E-state index in [1.165, 1.54) is 19.3 Å². The molecule has 1 amide bonds. The maximum absolute atomic E-state index is 11.5. The van der Waals surface area contributed by atoms with Crippen molar-refractivity contribution in [2.75, 3.05) is 5.33 Å². The molecule has 1 N–H and O–H groups in total. The molecule has 0 radical (unpaired) electrons. The van der Waals surface area contributed by atoms with E-state index in [-0.39, 0.29) is 11.4 Å². The van der Waals surface area contributed by atoms with Crippen LogP contribution in [0, 0.1) is 0 Å². The molecular formula is C11H20BrNO. The van der Waals surface area contributed by atoms with E-state index in [4.69, 9.17) is 0 Å². The molecule has 1 fully saturated rings. The van der Waals surface area contributed by atoms with E-state index in [9.17, 15) is 4.79 Å². The van der Waals surface area contributed by atoms with Gasteiger partial charge in [-0.15, -0.1) is 0 Å². The summed E-state index contributed by atoms with van der Waals surface area (Å²) in [7, 11) is 0. The number of hydrogen-bond acceptors (Lipinski definition) is 1. The summed E-state index contributed by atoms with van der Waals surface area (Å²) in [6, 6.07) is 0. The average molecular weight is 262 g/mol. The van der Waals surface area contributed by atoms with E-state index >= 15 is 0 Å². The van der Waals surface area contributed by atoms with E-state index < -0.39 is 0 Å². The summed E-state index contributed by atoms with van der Waals surface area (Å²) >= 11 is 3.29. The number of nitrogens with one attached hydrogen (secondary N) is 1. The second kappa shape index (κ2) is 5.74. The zero-order valence-electron chi connectivity index (χ0n) is 8.94. The maximum Gasteiger partial charge on any atom is 0.221 e. The minimum Gasteiger partial charge on any atom is -0.351 e. The smallest absolute Gasteiger partial charge is 0.221 e. The third kappa shape index (κ3) is 3.26. The molecule has 0 saturated heterocycles. The van der Waals surface area contributed by atoms with Gasteiger partial charge in [-0.1, -0.05) is 42.1 Å². The van der Waals surface area contributed by atoms with Gasteiger partial charge in [0.05, 0.1) is 0 Å². The van der Waals surface area contributed by atoms with Gasteiger partial charge >= 0.3 is 0 Å². The Morgan fingerprint density at radius 1 is 1.36 bits per heavy atom. The Hall–Kier alpha value is -0.0500. The van der Waals surface area contributed by atoms with Crippen LogP contribution in [0.15, 0.2) is 0 Å². The molecule has 82 valence electrons. The zero-order valence-corrected chi connectivity index (χ0v) is 10.5. The molecule has 1 aliphatic rings. The highest BCUT2D eigenvalue weighted by Crippen LogP contribution is 2.30. The molecule has 1 aliphatic carbocycles. The summed E-state index contributed by atoms with van der Waals surface area (Å²) < 4.78 is 0. The Morgan fingerprint density at radius 3 is 2.50 bits per heavy atom. The van der Waals surface area contributed by atoms with Crippen LogP contribution in [0.4, 0.5) is 0 Å². The lowest BCUT2D eigenvalue weighted by Gasteiger charge is -2.37. The summed E-state index contributed by atoms with van der Waals surface area (Å²) in [5.74, 6) is 0.200. The second-order valence-electron chi connectivity index (χ2n) is 4.18. The molecule has 14 heavy (non-hydrogen) atoms. The molecule has 0 aromatic carbocycles. The first-order valence-electron chi connectivity index (χ1n) is 5.59. The van der Waals surface area contributed by atoms with E-state index in [2.05, 4.69) is 28.2 Å². The van der Waals surface area contributed by atoms with Crippen LogP contribution in [-0.2, 0) is 4.79 Å². The van der Waals surface area contributed by atoms with Gasteiger partial charge in [0, 0.05) is 17.3 Å². The topological polar surface area (TPSA) is 29.1 Å². The predicted molar refractivity (Wildman–Crippen MR) is 62.7 cm³/mol. The fourth-order valence-electron chi connectivity index (χ4n) is 2.24. The molecule has 0 aliphatic heterocycles. The van der Waals surface area contributed by atoms with E-state index in [1.54, 1.807) is 0 Å². The van der Waals surface area contributed by atoms with Crippen molar-refractivity contribution >= 4 is 21.8 Å². The molecule has 0 atom stereocenters. The first kappa shape index (κ1) is 12.0. The predicted octanol–water partition coefficient (Wildman–Crippen LogP) is 3.00. The lowest BCUT2D eigenvalue weighted by atomic mass is 9.79. The number of amides is 1. The third-order valence-electron chi connectivity index (χ3n) is 3.21. The number of carbonyl (C=O) groups excluding carboxylic acids is 1. The number of rotatable bonds is 4. The summed E-state index contributed by atoms with van der Waals surface area (Å²) in [5, 5.41) is 3.98. The van der Waals surface area contributed by atoms with Gasteiger partial charge in [0.15, 0.2) is 0 Å². The molecule has 0 heterocycles. The summed E-state index contributed by atoms with van der Waals surface area (Å²) in [6.45, 7) is 2.18. The van der Waals surface area contributed by atoms with Gasteiger partial charge < -0.3 is 5.32 Å². The van der Waals surface area contributed by atoms with Crippen LogP contribution >= 0.6 is 15.9 Å². The van der Waals surface area contributed by atoms with E-state index in [0.29, 0.717) is 6.42 Å². The maximum atomic E-state index is 11.5. The first-order chi connectivity index (χ1) is 6.72. The lowest BCUT2D eigenvalue weighted by Crippen LogP contribution is -2.49. The Balaban J connectivity index is 2.47. The second-order valence-corrected chi connectivity index (χ2v) is 4.97. The Bertz CT molecular complexity index is 188. The molecule has 2 nitrogen and oxygen atoms in total. The highest BCUT2D eigenvalue weighted by Gasteiger charge is 2.31. The standard InChI is InChI=1S/C11H20BrNO/c1-2-11(7-4-3-5-8-11)13-10(14)6-9-12/h2-9H2,1H3,(H,13,14). The highest BCUT2D eigenvalue weighted by molar-refractivity contribution is 9.09. The molecule has 3 heteroatoms. The summed E-state index contributed by atoms with van der Waals surface area (Å²) in [5.41, 5.74) is 0.123. The van der Waals surface area contributed by atoms with Gasteiger partial charge in [0.25, 0.3) is 0 Å². The van der Waals surface area contributed by atoms with Crippen LogP contribution in [0.1, 0.15) is 51.9 Å². The van der Waals surface area contributed by atoms with Crippen molar-refractivity contribution in [2.45, 2.75) is 57.4 Å². The normalized spacial score (nSPS) is 20.4. The Morgan fingerprint density at radius 2 is 2.00 bits per heavy atom. The monoisotopic (exact) mass is 261 g/mol. The Kier molecular flexibility index (Phi) is 4.93. The minimum atomic E-state index is 0.123. The number of hydrogen-bond donors (Lipinski definition) is 1. The van der Waals surface area contributed by atoms with E-state index in [0.717, 1.165) is 24.6 Å². The van der Waals surface area contributed by atoms with Crippen molar-refractivity contribution in [3.63, 3.8) is 0 Å². The molecule has 0 unspecified atom stereocenters. The van der Waals surface area contributed by atoms with Crippen LogP contribution in [0.25, 0.3) is 0 Å². The van der Waals surface area contributed by atoms with Crippen molar-refractivity contribution in [3.05, 3.63) is 0 Å². The average Bonchev–Trinajstić information content (AvgIpc) is 2.19. The number of alkyl halides is 1. The molecule has 1 rings (SSSR count). The number of halogens is 1. The van der Waals surface area contributed by atoms with Crippen molar-refractivity contribution < 1.29 is 4.79 Å². The van der Waals surface area contributed by atoms with Crippen LogP contribution < -0.4 is 5.32 Å². The van der Waals surface area contributed by atoms with Crippen molar-refractivity contribution in [1.29, 1.82) is 0 Å². The molecular weight excluding hydrogens is 242 g/mol. The Labute approximate surface area is 95.0 Å². The molecule has 0 bridgehead atoms. The minimum absolute atomic E-state index is 0.123. The van der Waals surface area contributed by atoms with Crippen molar-refractivity contribution in [1.82, 2.24) is 5.32 Å². The molecule has 0 spiro atoms. The first-order valence-corrected chi connectivity index (χ1v) is 6.71. The van der Waals surface area contributed by atoms with Crippen LogP contribution in [0.2, 0.25) is 0 Å². The van der Waals surface area contributed by atoms with Crippen LogP contribution in [0.5, 0.6) is 0 Å². The van der Waals surface area contributed by atoms with Gasteiger partial charge in [-0.3, -0.25) is 4.79 Å². The zero-order chi connectivity index (χ0) is 10.4. The van der Waals surface area contributed by atoms with Gasteiger partial charge in [0.2, 0.25) is 5.91 Å². The molecule has 0 aromatic heterocycles. The van der Waals surface area contributed by atoms with Crippen molar-refractivity contribution in [3.8, 4) is 0 Å². The number of carbonyl (C=O) groups is 1. The van der Waals surface area contributed by atoms with Gasteiger partial charge in [-0.2, -0.15) is 0 Å². The van der Waals surface area contributed by atoms with E-state index in [1.807, 2.05) is 0 Å². The van der Waals surface area contributed by atoms with Gasteiger partial charge in [-0.05, 0) is 19.3 Å². The highest BCUT2D eigenvalue weighted by atomic mass is 79.9. The largest absolute Gasteiger partial charge is 0.351 e. The van der Waals surface area contributed by atoms with Crippen LogP contribution in [0.3, 0.4) is 0 Å². The summed E-state index contributed by atoms with van der Waals surface area (Å²) in [6.07, 6.45) is 7.86.